The first-order valence-electron chi connectivity index (χ1n) is 6.87. The SMILES string of the molecule is COc1ccc(OC)c(C(=O)/C=C/c2cc(Br)ccc2OC)c1. The van der Waals surface area contributed by atoms with E-state index in [0.717, 1.165) is 10.0 Å². The van der Waals surface area contributed by atoms with Gasteiger partial charge in [0.15, 0.2) is 5.78 Å². The maximum atomic E-state index is 12.5. The van der Waals surface area contributed by atoms with Crippen LogP contribution in [0.5, 0.6) is 17.2 Å². The van der Waals surface area contributed by atoms with Crippen LogP contribution in [0, 0.1) is 0 Å². The molecule has 23 heavy (non-hydrogen) atoms. The summed E-state index contributed by atoms with van der Waals surface area (Å²) in [5.41, 5.74) is 1.24. The first-order chi connectivity index (χ1) is 11.1. The van der Waals surface area contributed by atoms with Gasteiger partial charge in [-0.3, -0.25) is 4.79 Å². The van der Waals surface area contributed by atoms with E-state index in [-0.39, 0.29) is 5.78 Å². The van der Waals surface area contributed by atoms with Gasteiger partial charge in [0, 0.05) is 10.0 Å². The average Bonchev–Trinajstić information content (AvgIpc) is 2.59. The van der Waals surface area contributed by atoms with E-state index in [1.807, 2.05) is 18.2 Å². The third-order valence-corrected chi connectivity index (χ3v) is 3.77. The largest absolute Gasteiger partial charge is 0.497 e. The number of methoxy groups -OCH3 is 3. The van der Waals surface area contributed by atoms with Crippen molar-refractivity contribution in [3.8, 4) is 17.2 Å². The van der Waals surface area contributed by atoms with E-state index in [4.69, 9.17) is 14.2 Å². The number of benzene rings is 2. The quantitative estimate of drug-likeness (QED) is 0.554. The fourth-order valence-corrected chi connectivity index (χ4v) is 2.48. The third-order valence-electron chi connectivity index (χ3n) is 3.28. The number of hydrogen-bond acceptors (Lipinski definition) is 4. The normalized spacial score (nSPS) is 10.6. The van der Waals surface area contributed by atoms with E-state index in [1.54, 1.807) is 38.5 Å². The Morgan fingerprint density at radius 3 is 2.30 bits per heavy atom. The minimum atomic E-state index is -0.178. The van der Waals surface area contributed by atoms with Gasteiger partial charge in [0.05, 0.1) is 26.9 Å². The van der Waals surface area contributed by atoms with Gasteiger partial charge in [-0.05, 0) is 48.6 Å². The van der Waals surface area contributed by atoms with Gasteiger partial charge in [-0.1, -0.05) is 15.9 Å². The summed E-state index contributed by atoms with van der Waals surface area (Å²) in [6, 6.07) is 10.7. The van der Waals surface area contributed by atoms with E-state index in [0.29, 0.717) is 22.8 Å². The third kappa shape index (κ3) is 4.13. The van der Waals surface area contributed by atoms with Gasteiger partial charge in [-0.15, -0.1) is 0 Å². The predicted octanol–water partition coefficient (Wildman–Crippen LogP) is 4.37. The number of ketones is 1. The molecule has 0 unspecified atom stereocenters. The number of allylic oxidation sites excluding steroid dienone is 1. The minimum absolute atomic E-state index is 0.178. The fourth-order valence-electron chi connectivity index (χ4n) is 2.10. The van der Waals surface area contributed by atoms with E-state index in [2.05, 4.69) is 15.9 Å². The van der Waals surface area contributed by atoms with E-state index in [1.165, 1.54) is 13.2 Å². The maximum Gasteiger partial charge on any atom is 0.189 e. The number of carbonyl (C=O) groups excluding carboxylic acids is 1. The summed E-state index contributed by atoms with van der Waals surface area (Å²) in [5, 5.41) is 0. The van der Waals surface area contributed by atoms with Crippen molar-refractivity contribution in [3.63, 3.8) is 0 Å². The number of ether oxygens (including phenoxy) is 3. The zero-order valence-corrected chi connectivity index (χ0v) is 14.7. The first kappa shape index (κ1) is 17.1. The summed E-state index contributed by atoms with van der Waals surface area (Å²) in [7, 11) is 4.67. The van der Waals surface area contributed by atoms with Gasteiger partial charge < -0.3 is 14.2 Å². The smallest absolute Gasteiger partial charge is 0.189 e. The van der Waals surface area contributed by atoms with Crippen LogP contribution >= 0.6 is 15.9 Å². The van der Waals surface area contributed by atoms with Crippen LogP contribution in [0.25, 0.3) is 6.08 Å². The van der Waals surface area contributed by atoms with Crippen LogP contribution in [0.3, 0.4) is 0 Å². The monoisotopic (exact) mass is 376 g/mol. The van der Waals surface area contributed by atoms with Gasteiger partial charge in [0.1, 0.15) is 17.2 Å². The van der Waals surface area contributed by atoms with Gasteiger partial charge in [0.2, 0.25) is 0 Å². The fraction of sp³-hybridized carbons (Fsp3) is 0.167. The van der Waals surface area contributed by atoms with Crippen molar-refractivity contribution in [2.24, 2.45) is 0 Å². The molecule has 0 aliphatic carbocycles. The van der Waals surface area contributed by atoms with Crippen molar-refractivity contribution >= 4 is 27.8 Å². The van der Waals surface area contributed by atoms with Crippen molar-refractivity contribution in [2.45, 2.75) is 0 Å². The Kier molecular flexibility index (Phi) is 5.82. The van der Waals surface area contributed by atoms with Gasteiger partial charge in [-0.2, -0.15) is 0 Å². The molecule has 2 aromatic rings. The standard InChI is InChI=1S/C18H17BrO4/c1-21-14-6-9-18(23-3)15(11-14)16(20)7-4-12-10-13(19)5-8-17(12)22-2/h4-11H,1-3H3/b7-4+. The lowest BCUT2D eigenvalue weighted by Gasteiger charge is -2.08. The molecule has 120 valence electrons. The molecule has 0 radical (unpaired) electrons. The zero-order valence-electron chi connectivity index (χ0n) is 13.1. The second-order valence-electron chi connectivity index (χ2n) is 4.65. The topological polar surface area (TPSA) is 44.8 Å². The van der Waals surface area contributed by atoms with Crippen LogP contribution in [-0.2, 0) is 0 Å². The summed E-state index contributed by atoms with van der Waals surface area (Å²) < 4.78 is 16.6. The Labute approximate surface area is 143 Å². The number of halogens is 1. The lowest BCUT2D eigenvalue weighted by Crippen LogP contribution is -2.00. The van der Waals surface area contributed by atoms with Crippen LogP contribution < -0.4 is 14.2 Å². The van der Waals surface area contributed by atoms with Crippen molar-refractivity contribution in [1.29, 1.82) is 0 Å². The Hall–Kier alpha value is -2.27. The summed E-state index contributed by atoms with van der Waals surface area (Å²) in [5.74, 6) is 1.61. The molecule has 4 nitrogen and oxygen atoms in total. The molecule has 5 heteroatoms. The molecule has 0 spiro atoms. The Balaban J connectivity index is 2.33. The molecule has 0 N–H and O–H groups in total. The summed E-state index contributed by atoms with van der Waals surface area (Å²) in [6.07, 6.45) is 3.20. The van der Waals surface area contributed by atoms with Gasteiger partial charge in [-0.25, -0.2) is 0 Å². The molecule has 0 heterocycles. The van der Waals surface area contributed by atoms with Gasteiger partial charge >= 0.3 is 0 Å². The lowest BCUT2D eigenvalue weighted by atomic mass is 10.1. The molecule has 0 aliphatic heterocycles. The molecular weight excluding hydrogens is 360 g/mol. The molecule has 0 amide bonds. The second-order valence-corrected chi connectivity index (χ2v) is 5.57. The Morgan fingerprint density at radius 2 is 1.65 bits per heavy atom. The first-order valence-corrected chi connectivity index (χ1v) is 7.66. The number of carbonyl (C=O) groups is 1. The van der Waals surface area contributed by atoms with Crippen LogP contribution in [0.15, 0.2) is 46.9 Å². The zero-order chi connectivity index (χ0) is 16.8. The average molecular weight is 377 g/mol. The highest BCUT2D eigenvalue weighted by Crippen LogP contribution is 2.27. The minimum Gasteiger partial charge on any atom is -0.497 e. The van der Waals surface area contributed by atoms with Crippen molar-refractivity contribution in [3.05, 3.63) is 58.1 Å². The summed E-state index contributed by atoms with van der Waals surface area (Å²) in [4.78, 5) is 12.5. The highest BCUT2D eigenvalue weighted by Gasteiger charge is 2.11. The summed E-state index contributed by atoms with van der Waals surface area (Å²) >= 11 is 3.41. The van der Waals surface area contributed by atoms with E-state index < -0.39 is 0 Å². The molecule has 2 rings (SSSR count). The molecule has 0 saturated carbocycles. The molecule has 0 atom stereocenters. The van der Waals surface area contributed by atoms with Crippen LogP contribution in [0.4, 0.5) is 0 Å². The van der Waals surface area contributed by atoms with Crippen LogP contribution in [0.2, 0.25) is 0 Å². The van der Waals surface area contributed by atoms with Crippen molar-refractivity contribution in [1.82, 2.24) is 0 Å². The number of rotatable bonds is 6. The van der Waals surface area contributed by atoms with Gasteiger partial charge in [0.25, 0.3) is 0 Å². The molecule has 0 aliphatic rings. The number of hydrogen-bond donors (Lipinski definition) is 0. The van der Waals surface area contributed by atoms with Crippen LogP contribution in [0.1, 0.15) is 15.9 Å². The predicted molar refractivity (Wildman–Crippen MR) is 93.6 cm³/mol. The van der Waals surface area contributed by atoms with Crippen LogP contribution in [-0.4, -0.2) is 27.1 Å². The highest BCUT2D eigenvalue weighted by atomic mass is 79.9. The Bertz CT molecular complexity index is 738. The molecule has 0 aromatic heterocycles. The molecule has 0 saturated heterocycles. The molecule has 0 bridgehead atoms. The van der Waals surface area contributed by atoms with Crippen molar-refractivity contribution in [2.75, 3.05) is 21.3 Å². The lowest BCUT2D eigenvalue weighted by molar-refractivity contribution is 0.104. The second kappa shape index (κ2) is 7.83. The highest BCUT2D eigenvalue weighted by molar-refractivity contribution is 9.10. The van der Waals surface area contributed by atoms with Crippen molar-refractivity contribution < 1.29 is 19.0 Å². The molecule has 0 fully saturated rings. The molecular formula is C18H17BrO4. The summed E-state index contributed by atoms with van der Waals surface area (Å²) in [6.45, 7) is 0. The Morgan fingerprint density at radius 1 is 0.957 bits per heavy atom. The van der Waals surface area contributed by atoms with E-state index in [9.17, 15) is 4.79 Å². The molecule has 2 aromatic carbocycles. The maximum absolute atomic E-state index is 12.5. The van der Waals surface area contributed by atoms with E-state index >= 15 is 0 Å².